The predicted molar refractivity (Wildman–Crippen MR) is 236 cm³/mol. The maximum absolute atomic E-state index is 12.7. The van der Waals surface area contributed by atoms with E-state index in [0.29, 0.717) is 24.1 Å². The largest absolute Gasteiger partial charge is 0.756 e. The van der Waals surface area contributed by atoms with Crippen LogP contribution < -0.4 is 4.89 Å². The first-order valence-electron chi connectivity index (χ1n) is 23.2. The number of ether oxygens (including phenoxy) is 2. The van der Waals surface area contributed by atoms with E-state index >= 15 is 0 Å². The lowest BCUT2D eigenvalue weighted by atomic mass is 10.1. The third kappa shape index (κ3) is 43.8. The number of phosphoric acid groups is 1. The number of unbranched alkanes of at least 4 members (excludes halogenated alkanes) is 23. The highest BCUT2D eigenvalue weighted by atomic mass is 31.2. The summed E-state index contributed by atoms with van der Waals surface area (Å²) in [5.74, 6) is -0.342. The van der Waals surface area contributed by atoms with Crippen LogP contribution in [0, 0.1) is 0 Å². The molecule has 0 aliphatic heterocycles. The molecule has 0 bridgehead atoms. The Morgan fingerprint density at radius 3 is 1.48 bits per heavy atom. The predicted octanol–water partition coefficient (Wildman–Crippen LogP) is 13.1. The first kappa shape index (κ1) is 54.7. The van der Waals surface area contributed by atoms with Crippen LogP contribution in [0.3, 0.4) is 0 Å². The molecule has 0 aromatic carbocycles. The molecule has 0 aromatic rings. The third-order valence-electron chi connectivity index (χ3n) is 9.91. The first-order valence-corrected chi connectivity index (χ1v) is 24.7. The van der Waals surface area contributed by atoms with Gasteiger partial charge in [0.2, 0.25) is 0 Å². The summed E-state index contributed by atoms with van der Waals surface area (Å²) in [7, 11) is 1.35. The van der Waals surface area contributed by atoms with Crippen molar-refractivity contribution in [1.29, 1.82) is 0 Å². The maximum Gasteiger partial charge on any atom is 0.306 e. The summed E-state index contributed by atoms with van der Waals surface area (Å²) in [5, 5.41) is 0. The summed E-state index contributed by atoms with van der Waals surface area (Å²) in [4.78, 5) is 25.1. The van der Waals surface area contributed by atoms with Gasteiger partial charge in [-0.25, -0.2) is 0 Å². The quantitative estimate of drug-likeness (QED) is 0.0199. The van der Waals surface area contributed by atoms with Crippen LogP contribution >= 0.6 is 7.82 Å². The van der Waals surface area contributed by atoms with E-state index in [0.717, 1.165) is 51.4 Å². The highest BCUT2D eigenvalue weighted by molar-refractivity contribution is 7.45. The van der Waals surface area contributed by atoms with Crippen LogP contribution in [0.5, 0.6) is 0 Å². The van der Waals surface area contributed by atoms with Gasteiger partial charge in [0.1, 0.15) is 19.3 Å². The molecule has 0 aliphatic carbocycles. The van der Waals surface area contributed by atoms with E-state index < -0.39 is 13.9 Å². The first-order chi connectivity index (χ1) is 27.1. The summed E-state index contributed by atoms with van der Waals surface area (Å²) in [6.07, 6.45) is 47.2. The number of hydrogen-bond acceptors (Lipinski definition) is 7. The molecule has 0 fully saturated rings. The number of esters is 1. The number of carbonyl (C=O) groups excluding carboxylic acids is 1. The highest BCUT2D eigenvalue weighted by Gasteiger charge is 2.20. The van der Waals surface area contributed by atoms with Gasteiger partial charge in [-0.15, -0.1) is 0 Å². The average molecular weight is 812 g/mol. The van der Waals surface area contributed by atoms with Crippen molar-refractivity contribution in [2.24, 2.45) is 0 Å². The Morgan fingerprint density at radius 1 is 0.554 bits per heavy atom. The van der Waals surface area contributed by atoms with Crippen molar-refractivity contribution in [2.75, 3.05) is 54.1 Å². The fraction of sp³-hybridized carbons (Fsp3) is 0.851. The molecule has 56 heavy (non-hydrogen) atoms. The highest BCUT2D eigenvalue weighted by Crippen LogP contribution is 2.38. The van der Waals surface area contributed by atoms with Gasteiger partial charge in [0.25, 0.3) is 7.82 Å². The number of phosphoric ester groups is 1. The van der Waals surface area contributed by atoms with Gasteiger partial charge in [-0.1, -0.05) is 159 Å². The zero-order valence-corrected chi connectivity index (χ0v) is 38.2. The van der Waals surface area contributed by atoms with E-state index in [4.69, 9.17) is 18.5 Å². The van der Waals surface area contributed by atoms with Crippen LogP contribution in [0.25, 0.3) is 0 Å². The molecular weight excluding hydrogens is 721 g/mol. The summed E-state index contributed by atoms with van der Waals surface area (Å²) >= 11 is 0. The van der Waals surface area contributed by atoms with Crippen LogP contribution in [-0.4, -0.2) is 70.7 Å². The molecule has 0 aromatic heterocycles. The Morgan fingerprint density at radius 2 is 0.982 bits per heavy atom. The molecule has 0 N–H and O–H groups in total. The van der Waals surface area contributed by atoms with Gasteiger partial charge >= 0.3 is 5.97 Å². The molecule has 0 rings (SSSR count). The standard InChI is InChI=1S/C47H90NO7P/c1-6-8-10-12-14-16-18-20-22-24-26-28-30-32-34-36-38-40-47(49)55-46(45-54-56(50,51)53-43-41-48(3,4)5)44-52-42-39-37-35-33-31-29-27-25-23-21-19-17-15-13-11-9-7-2/h17,19-20,22-23,25,46H,6-16,18,21,24,26-45H2,1-5H3/b19-17-,22-20-,25-23-. The van der Waals surface area contributed by atoms with Crippen LogP contribution in [0.1, 0.15) is 200 Å². The topological polar surface area (TPSA) is 94.1 Å². The van der Waals surface area contributed by atoms with Gasteiger partial charge < -0.3 is 27.9 Å². The van der Waals surface area contributed by atoms with Gasteiger partial charge in [0, 0.05) is 13.0 Å². The van der Waals surface area contributed by atoms with Gasteiger partial charge in [-0.05, 0) is 70.6 Å². The second-order valence-corrected chi connectivity index (χ2v) is 18.2. The normalized spacial score (nSPS) is 14.0. The molecule has 0 saturated heterocycles. The molecule has 0 amide bonds. The maximum atomic E-state index is 12.7. The van der Waals surface area contributed by atoms with Crippen molar-refractivity contribution in [1.82, 2.24) is 0 Å². The SMILES string of the molecule is CCCCCC/C=C\C/C=C\CCCCCCCCOCC(COP(=O)([O-])OCC[N+](C)(C)C)OC(=O)CCCCCCCCC/C=C\CCCCCCCC. The van der Waals surface area contributed by atoms with E-state index in [-0.39, 0.29) is 25.8 Å². The number of hydrogen-bond donors (Lipinski definition) is 0. The van der Waals surface area contributed by atoms with Gasteiger partial charge in [0.05, 0.1) is 34.4 Å². The molecule has 2 unspecified atom stereocenters. The van der Waals surface area contributed by atoms with Crippen LogP contribution in [0.2, 0.25) is 0 Å². The minimum Gasteiger partial charge on any atom is -0.756 e. The second kappa shape index (κ2) is 40.5. The molecule has 0 aliphatic rings. The Hall–Kier alpha value is -1.28. The van der Waals surface area contributed by atoms with Crippen molar-refractivity contribution >= 4 is 13.8 Å². The lowest BCUT2D eigenvalue weighted by molar-refractivity contribution is -0.870. The summed E-state index contributed by atoms with van der Waals surface area (Å²) in [6.45, 7) is 5.37. The van der Waals surface area contributed by atoms with Gasteiger partial charge in [-0.3, -0.25) is 9.36 Å². The molecule has 8 nitrogen and oxygen atoms in total. The number of allylic oxidation sites excluding steroid dienone is 6. The third-order valence-corrected chi connectivity index (χ3v) is 10.9. The molecule has 330 valence electrons. The zero-order valence-electron chi connectivity index (χ0n) is 37.3. The summed E-state index contributed by atoms with van der Waals surface area (Å²) in [6, 6.07) is 0. The minimum atomic E-state index is -4.53. The molecule has 0 spiro atoms. The molecule has 2 atom stereocenters. The van der Waals surface area contributed by atoms with Crippen molar-refractivity contribution in [2.45, 2.75) is 206 Å². The van der Waals surface area contributed by atoms with E-state index in [1.54, 1.807) is 0 Å². The fourth-order valence-corrected chi connectivity index (χ4v) is 7.01. The summed E-state index contributed by atoms with van der Waals surface area (Å²) in [5.41, 5.74) is 0. The fourth-order valence-electron chi connectivity index (χ4n) is 6.28. The Balaban J connectivity index is 4.23. The van der Waals surface area contributed by atoms with Gasteiger partial charge in [0.15, 0.2) is 0 Å². The van der Waals surface area contributed by atoms with E-state index in [9.17, 15) is 14.3 Å². The zero-order chi connectivity index (χ0) is 41.3. The Bertz CT molecular complexity index is 994. The smallest absolute Gasteiger partial charge is 0.306 e. The monoisotopic (exact) mass is 812 g/mol. The Kier molecular flexibility index (Phi) is 39.6. The Labute approximate surface area is 346 Å². The molecular formula is C47H90NO7P. The number of nitrogens with zero attached hydrogens (tertiary/aromatic N) is 1. The molecule has 9 heteroatoms. The second-order valence-electron chi connectivity index (χ2n) is 16.8. The molecule has 0 saturated carbocycles. The van der Waals surface area contributed by atoms with Crippen molar-refractivity contribution in [3.05, 3.63) is 36.5 Å². The molecule has 0 heterocycles. The minimum absolute atomic E-state index is 0.0230. The number of carbonyl (C=O) groups is 1. The summed E-state index contributed by atoms with van der Waals surface area (Å²) < 4.78 is 34.6. The number of rotatable bonds is 43. The van der Waals surface area contributed by atoms with Crippen LogP contribution in [0.15, 0.2) is 36.5 Å². The van der Waals surface area contributed by atoms with Gasteiger partial charge in [-0.2, -0.15) is 0 Å². The van der Waals surface area contributed by atoms with E-state index in [1.807, 2.05) is 21.1 Å². The van der Waals surface area contributed by atoms with E-state index in [1.165, 1.54) is 128 Å². The lowest BCUT2D eigenvalue weighted by Gasteiger charge is -2.28. The van der Waals surface area contributed by atoms with E-state index in [2.05, 4.69) is 50.3 Å². The average Bonchev–Trinajstić information content (AvgIpc) is 3.15. The van der Waals surface area contributed by atoms with Crippen molar-refractivity contribution in [3.63, 3.8) is 0 Å². The number of quaternary nitrogens is 1. The van der Waals surface area contributed by atoms with Crippen LogP contribution in [-0.2, 0) is 27.9 Å². The number of likely N-dealkylation sites (N-methyl/N-ethyl adjacent to an activating group) is 1. The molecule has 0 radical (unpaired) electrons. The van der Waals surface area contributed by atoms with Crippen molar-refractivity contribution < 1.29 is 37.3 Å². The lowest BCUT2D eigenvalue weighted by Crippen LogP contribution is -2.37. The van der Waals surface area contributed by atoms with Crippen LogP contribution in [0.4, 0.5) is 0 Å². The van der Waals surface area contributed by atoms with Crippen molar-refractivity contribution in [3.8, 4) is 0 Å².